The van der Waals surface area contributed by atoms with E-state index in [4.69, 9.17) is 9.47 Å². The van der Waals surface area contributed by atoms with Gasteiger partial charge in [-0.1, -0.05) is 6.07 Å². The Balaban J connectivity index is 1.38. The number of ether oxygens (including phenoxy) is 2. The Morgan fingerprint density at radius 1 is 0.917 bits per heavy atom. The van der Waals surface area contributed by atoms with Crippen LogP contribution in [0.4, 0.5) is 0 Å². The number of hydrogen-bond acceptors (Lipinski definition) is 6. The number of carbonyl (C=O) groups is 1. The second-order valence-corrected chi connectivity index (χ2v) is 10.9. The minimum absolute atomic E-state index is 0.127. The Bertz CT molecular complexity index is 1390. The molecule has 36 heavy (non-hydrogen) atoms. The van der Waals surface area contributed by atoms with Gasteiger partial charge in [0.25, 0.3) is 0 Å². The Morgan fingerprint density at radius 2 is 1.50 bits per heavy atom. The molecule has 1 aromatic heterocycles. The standard InChI is InChI=1S/C29H35N3O4/c1-28(2,31-9-13-35-14-10-31)26(33)20-6-8-24-22(18-20)21-17-19(5-7-23(21)30(24)4)25-27(34)29(25,3)32-11-15-36-16-12-32/h5-8,17-18,34H,9-16H2,1-4H3. The van der Waals surface area contributed by atoms with Crippen LogP contribution in [0.2, 0.25) is 0 Å². The van der Waals surface area contributed by atoms with Gasteiger partial charge in [-0.05, 0) is 56.7 Å². The van der Waals surface area contributed by atoms with E-state index in [1.807, 2.05) is 26.0 Å². The Kier molecular flexibility index (Phi) is 5.53. The van der Waals surface area contributed by atoms with Crippen molar-refractivity contribution in [3.8, 4) is 0 Å². The number of carbonyl (C=O) groups excluding carboxylic acids is 1. The lowest BCUT2D eigenvalue weighted by Gasteiger charge is -2.39. The van der Waals surface area contributed by atoms with Gasteiger partial charge < -0.3 is 19.1 Å². The molecule has 2 fully saturated rings. The van der Waals surface area contributed by atoms with Crippen molar-refractivity contribution < 1.29 is 19.4 Å². The maximum Gasteiger partial charge on any atom is 0.182 e. The number of aliphatic hydroxyl groups excluding tert-OH is 1. The minimum Gasteiger partial charge on any atom is -0.510 e. The van der Waals surface area contributed by atoms with Crippen LogP contribution in [0.3, 0.4) is 0 Å². The van der Waals surface area contributed by atoms with Crippen LogP contribution in [0.25, 0.3) is 27.4 Å². The smallest absolute Gasteiger partial charge is 0.182 e. The number of aromatic nitrogens is 1. The summed E-state index contributed by atoms with van der Waals surface area (Å²) in [6.07, 6.45) is 0. The van der Waals surface area contributed by atoms with E-state index in [1.165, 1.54) is 0 Å². The molecule has 0 spiro atoms. The molecule has 190 valence electrons. The van der Waals surface area contributed by atoms with Gasteiger partial charge in [0, 0.05) is 66.2 Å². The van der Waals surface area contributed by atoms with Gasteiger partial charge in [0.1, 0.15) is 11.3 Å². The lowest BCUT2D eigenvalue weighted by molar-refractivity contribution is -0.00429. The van der Waals surface area contributed by atoms with E-state index in [0.717, 1.165) is 64.7 Å². The lowest BCUT2D eigenvalue weighted by atomic mass is 9.90. The first-order chi connectivity index (χ1) is 17.2. The molecule has 1 N–H and O–H groups in total. The number of aryl methyl sites for hydroxylation is 1. The van der Waals surface area contributed by atoms with Crippen molar-refractivity contribution in [2.45, 2.75) is 31.8 Å². The highest BCUT2D eigenvalue weighted by Crippen LogP contribution is 2.53. The maximum absolute atomic E-state index is 13.7. The third-order valence-electron chi connectivity index (χ3n) is 8.68. The zero-order chi connectivity index (χ0) is 25.2. The van der Waals surface area contributed by atoms with Gasteiger partial charge in [-0.2, -0.15) is 0 Å². The third-order valence-corrected chi connectivity index (χ3v) is 8.68. The van der Waals surface area contributed by atoms with Gasteiger partial charge in [-0.3, -0.25) is 14.6 Å². The van der Waals surface area contributed by atoms with Gasteiger partial charge >= 0.3 is 0 Å². The first kappa shape index (κ1) is 23.7. The quantitative estimate of drug-likeness (QED) is 0.547. The molecule has 6 rings (SSSR count). The summed E-state index contributed by atoms with van der Waals surface area (Å²) in [7, 11) is 2.06. The molecule has 2 saturated heterocycles. The molecule has 3 heterocycles. The summed E-state index contributed by atoms with van der Waals surface area (Å²) >= 11 is 0. The summed E-state index contributed by atoms with van der Waals surface area (Å²) in [5, 5.41) is 13.1. The molecule has 1 unspecified atom stereocenters. The molecule has 1 atom stereocenters. The van der Waals surface area contributed by atoms with Gasteiger partial charge in [0.2, 0.25) is 0 Å². The number of morpholine rings is 2. The summed E-state index contributed by atoms with van der Waals surface area (Å²) in [6.45, 7) is 12.0. The average molecular weight is 490 g/mol. The number of fused-ring (bicyclic) bond motifs is 3. The number of hydrogen-bond donors (Lipinski definition) is 1. The van der Waals surface area contributed by atoms with Crippen molar-refractivity contribution in [2.75, 3.05) is 52.6 Å². The summed E-state index contributed by atoms with van der Waals surface area (Å²) in [5.74, 6) is 0.578. The van der Waals surface area contributed by atoms with Crippen molar-refractivity contribution in [1.29, 1.82) is 0 Å². The highest BCUT2D eigenvalue weighted by atomic mass is 16.5. The van der Waals surface area contributed by atoms with E-state index in [1.54, 1.807) is 0 Å². The van der Waals surface area contributed by atoms with Crippen molar-refractivity contribution in [1.82, 2.24) is 14.4 Å². The van der Waals surface area contributed by atoms with E-state index in [0.29, 0.717) is 32.2 Å². The summed E-state index contributed by atoms with van der Waals surface area (Å²) in [6, 6.07) is 12.5. The van der Waals surface area contributed by atoms with Crippen molar-refractivity contribution in [3.63, 3.8) is 0 Å². The molecule has 0 amide bonds. The molecule has 0 radical (unpaired) electrons. The molecular weight excluding hydrogens is 454 g/mol. The number of aliphatic hydroxyl groups is 1. The molecule has 0 saturated carbocycles. The maximum atomic E-state index is 13.7. The van der Waals surface area contributed by atoms with E-state index in [-0.39, 0.29) is 5.78 Å². The SMILES string of the molecule is Cn1c2ccc(C(=O)C(C)(C)N3CCOCC3)cc2c2cc(C3=C(O)C3(C)N3CCOCC3)ccc21. The van der Waals surface area contributed by atoms with Crippen LogP contribution in [0.1, 0.15) is 36.7 Å². The van der Waals surface area contributed by atoms with Crippen LogP contribution in [-0.4, -0.2) is 88.9 Å². The van der Waals surface area contributed by atoms with E-state index in [9.17, 15) is 9.90 Å². The fourth-order valence-electron chi connectivity index (χ4n) is 6.22. The first-order valence-electron chi connectivity index (χ1n) is 12.9. The number of nitrogens with zero attached hydrogens (tertiary/aromatic N) is 3. The normalized spacial score (nSPS) is 24.1. The summed E-state index contributed by atoms with van der Waals surface area (Å²) in [4.78, 5) is 18.2. The zero-order valence-electron chi connectivity index (χ0n) is 21.6. The highest BCUT2D eigenvalue weighted by Gasteiger charge is 2.55. The van der Waals surface area contributed by atoms with Crippen molar-refractivity contribution >= 4 is 33.2 Å². The van der Waals surface area contributed by atoms with Gasteiger partial charge in [-0.15, -0.1) is 0 Å². The van der Waals surface area contributed by atoms with E-state index >= 15 is 0 Å². The molecule has 1 aliphatic carbocycles. The van der Waals surface area contributed by atoms with Crippen molar-refractivity contribution in [3.05, 3.63) is 53.3 Å². The number of ketones is 1. The van der Waals surface area contributed by atoms with Crippen LogP contribution >= 0.6 is 0 Å². The van der Waals surface area contributed by atoms with Gasteiger partial charge in [-0.25, -0.2) is 0 Å². The van der Waals surface area contributed by atoms with Crippen LogP contribution in [-0.2, 0) is 16.5 Å². The van der Waals surface area contributed by atoms with E-state index < -0.39 is 11.1 Å². The predicted molar refractivity (Wildman–Crippen MR) is 142 cm³/mol. The Morgan fingerprint density at radius 3 is 2.17 bits per heavy atom. The molecular formula is C29H35N3O4. The molecule has 7 nitrogen and oxygen atoms in total. The summed E-state index contributed by atoms with van der Waals surface area (Å²) < 4.78 is 13.2. The minimum atomic E-state index is -0.599. The third kappa shape index (κ3) is 3.44. The topological polar surface area (TPSA) is 67.2 Å². The molecule has 7 heteroatoms. The van der Waals surface area contributed by atoms with Crippen LogP contribution in [0, 0.1) is 0 Å². The fourth-order valence-corrected chi connectivity index (χ4v) is 6.22. The molecule has 2 aromatic carbocycles. The summed E-state index contributed by atoms with van der Waals surface area (Å²) in [5.41, 5.74) is 3.93. The predicted octanol–water partition coefficient (Wildman–Crippen LogP) is 4.00. The van der Waals surface area contributed by atoms with Gasteiger partial charge in [0.05, 0.1) is 32.0 Å². The zero-order valence-corrected chi connectivity index (χ0v) is 21.6. The Hall–Kier alpha value is -2.71. The second-order valence-electron chi connectivity index (χ2n) is 10.9. The highest BCUT2D eigenvalue weighted by molar-refractivity contribution is 6.13. The average Bonchev–Trinajstić information content (AvgIpc) is 3.37. The first-order valence-corrected chi connectivity index (χ1v) is 12.9. The van der Waals surface area contributed by atoms with E-state index in [2.05, 4.69) is 52.6 Å². The largest absolute Gasteiger partial charge is 0.510 e. The monoisotopic (exact) mass is 489 g/mol. The molecule has 3 aliphatic rings. The van der Waals surface area contributed by atoms with Crippen LogP contribution in [0.5, 0.6) is 0 Å². The van der Waals surface area contributed by atoms with Crippen molar-refractivity contribution in [2.24, 2.45) is 7.05 Å². The Labute approximate surface area is 211 Å². The second kappa shape index (κ2) is 8.42. The number of benzene rings is 2. The lowest BCUT2D eigenvalue weighted by Crippen LogP contribution is -2.54. The van der Waals surface area contributed by atoms with Crippen LogP contribution in [0.15, 0.2) is 42.2 Å². The fraction of sp³-hybridized carbons (Fsp3) is 0.483. The number of Topliss-reactive ketones (excluding diaryl/α,β-unsaturated/α-hetero) is 1. The molecule has 0 bridgehead atoms. The van der Waals surface area contributed by atoms with Gasteiger partial charge in [0.15, 0.2) is 5.78 Å². The van der Waals surface area contributed by atoms with Crippen LogP contribution < -0.4 is 0 Å². The molecule has 3 aromatic rings. The number of rotatable bonds is 5. The molecule has 2 aliphatic heterocycles.